The molecule has 1 aromatic heterocycles. The molecule has 0 N–H and O–H groups in total. The van der Waals surface area contributed by atoms with E-state index in [9.17, 15) is 4.79 Å². The summed E-state index contributed by atoms with van der Waals surface area (Å²) in [7, 11) is 1.74. The third kappa shape index (κ3) is 5.05. The minimum absolute atomic E-state index is 0.0337. The van der Waals surface area contributed by atoms with Crippen LogP contribution in [0, 0.1) is 12.8 Å². The average molecular weight is 365 g/mol. The summed E-state index contributed by atoms with van der Waals surface area (Å²) in [6.07, 6.45) is 5.81. The standard InChI is InChI=1S/C19H31N3O4/c1-15-18(20-14-26-15)19(23)22(13-17-4-3-10-25-17)12-16-5-7-21(8-6-16)9-11-24-2/h14,16-17H,3-13H2,1-2H3. The number of carbonyl (C=O) groups is 1. The molecule has 2 aliphatic heterocycles. The summed E-state index contributed by atoms with van der Waals surface area (Å²) >= 11 is 0. The van der Waals surface area contributed by atoms with E-state index in [1.54, 1.807) is 14.0 Å². The van der Waals surface area contributed by atoms with Gasteiger partial charge in [-0.05, 0) is 51.6 Å². The lowest BCUT2D eigenvalue weighted by molar-refractivity contribution is 0.0432. The summed E-state index contributed by atoms with van der Waals surface area (Å²) in [5.41, 5.74) is 0.431. The fourth-order valence-electron chi connectivity index (χ4n) is 3.86. The maximum Gasteiger partial charge on any atom is 0.276 e. The van der Waals surface area contributed by atoms with Crippen molar-refractivity contribution in [1.82, 2.24) is 14.8 Å². The number of methoxy groups -OCH3 is 1. The summed E-state index contributed by atoms with van der Waals surface area (Å²) in [6, 6.07) is 0. The number of aryl methyl sites for hydroxylation is 1. The fraction of sp³-hybridized carbons (Fsp3) is 0.789. The number of ether oxygens (including phenoxy) is 2. The van der Waals surface area contributed by atoms with Crippen LogP contribution in [0.15, 0.2) is 10.8 Å². The number of hydrogen-bond acceptors (Lipinski definition) is 6. The van der Waals surface area contributed by atoms with Crippen molar-refractivity contribution < 1.29 is 18.7 Å². The molecule has 1 amide bonds. The average Bonchev–Trinajstić information content (AvgIpc) is 3.31. The highest BCUT2D eigenvalue weighted by Crippen LogP contribution is 2.22. The highest BCUT2D eigenvalue weighted by Gasteiger charge is 2.29. The summed E-state index contributed by atoms with van der Waals surface area (Å²) in [5.74, 6) is 1.07. The summed E-state index contributed by atoms with van der Waals surface area (Å²) < 4.78 is 16.2. The number of oxazole rings is 1. The molecule has 0 saturated carbocycles. The van der Waals surface area contributed by atoms with Crippen molar-refractivity contribution in [1.29, 1.82) is 0 Å². The highest BCUT2D eigenvalue weighted by molar-refractivity contribution is 5.93. The van der Waals surface area contributed by atoms with Crippen molar-refractivity contribution in [2.45, 2.75) is 38.7 Å². The number of likely N-dealkylation sites (tertiary alicyclic amines) is 1. The molecule has 3 heterocycles. The number of carbonyl (C=O) groups excluding carboxylic acids is 1. The van der Waals surface area contributed by atoms with Crippen LogP contribution in [0.25, 0.3) is 0 Å². The quantitative estimate of drug-likeness (QED) is 0.702. The Bertz CT molecular complexity index is 563. The Morgan fingerprint density at radius 2 is 2.15 bits per heavy atom. The van der Waals surface area contributed by atoms with E-state index in [0.717, 1.165) is 65.1 Å². The van der Waals surface area contributed by atoms with Gasteiger partial charge in [-0.3, -0.25) is 4.79 Å². The molecule has 146 valence electrons. The lowest BCUT2D eigenvalue weighted by Crippen LogP contribution is -2.44. The minimum Gasteiger partial charge on any atom is -0.448 e. The van der Waals surface area contributed by atoms with Crippen LogP contribution in [0.2, 0.25) is 0 Å². The van der Waals surface area contributed by atoms with Gasteiger partial charge in [0.25, 0.3) is 5.91 Å². The number of amides is 1. The lowest BCUT2D eigenvalue weighted by Gasteiger charge is -2.35. The third-order valence-electron chi connectivity index (χ3n) is 5.48. The maximum atomic E-state index is 13.0. The molecule has 2 fully saturated rings. The Morgan fingerprint density at radius 1 is 1.35 bits per heavy atom. The van der Waals surface area contributed by atoms with E-state index >= 15 is 0 Å². The molecule has 2 saturated heterocycles. The van der Waals surface area contributed by atoms with E-state index in [4.69, 9.17) is 13.9 Å². The van der Waals surface area contributed by atoms with E-state index in [1.165, 1.54) is 6.39 Å². The van der Waals surface area contributed by atoms with Gasteiger partial charge in [0.2, 0.25) is 0 Å². The van der Waals surface area contributed by atoms with Crippen molar-refractivity contribution in [3.63, 3.8) is 0 Å². The van der Waals surface area contributed by atoms with Gasteiger partial charge >= 0.3 is 0 Å². The van der Waals surface area contributed by atoms with Crippen molar-refractivity contribution >= 4 is 5.91 Å². The van der Waals surface area contributed by atoms with Gasteiger partial charge in [0.05, 0.1) is 12.7 Å². The molecular formula is C19H31N3O4. The van der Waals surface area contributed by atoms with Crippen LogP contribution in [0.3, 0.4) is 0 Å². The van der Waals surface area contributed by atoms with Gasteiger partial charge in [-0.2, -0.15) is 0 Å². The number of nitrogens with zero attached hydrogens (tertiary/aromatic N) is 3. The Labute approximate surface area is 155 Å². The molecule has 1 unspecified atom stereocenters. The molecule has 0 aromatic carbocycles. The van der Waals surface area contributed by atoms with Crippen molar-refractivity contribution in [2.75, 3.05) is 53.0 Å². The predicted octanol–water partition coefficient (Wildman–Crippen LogP) is 1.96. The molecule has 0 aliphatic carbocycles. The monoisotopic (exact) mass is 365 g/mol. The molecule has 1 aromatic rings. The molecule has 7 heteroatoms. The Morgan fingerprint density at radius 3 is 2.77 bits per heavy atom. The SMILES string of the molecule is COCCN1CCC(CN(CC2CCCO2)C(=O)c2ncoc2C)CC1. The van der Waals surface area contributed by atoms with Gasteiger partial charge in [0.15, 0.2) is 12.1 Å². The van der Waals surface area contributed by atoms with E-state index in [-0.39, 0.29) is 12.0 Å². The van der Waals surface area contributed by atoms with Crippen LogP contribution < -0.4 is 0 Å². The zero-order valence-corrected chi connectivity index (χ0v) is 16.0. The van der Waals surface area contributed by atoms with E-state index in [0.29, 0.717) is 23.9 Å². The largest absolute Gasteiger partial charge is 0.448 e. The van der Waals surface area contributed by atoms with Gasteiger partial charge < -0.3 is 23.7 Å². The lowest BCUT2D eigenvalue weighted by atomic mass is 9.95. The highest BCUT2D eigenvalue weighted by atomic mass is 16.5. The molecule has 2 aliphatic rings. The smallest absolute Gasteiger partial charge is 0.276 e. The zero-order valence-electron chi connectivity index (χ0n) is 16.0. The molecular weight excluding hydrogens is 334 g/mol. The molecule has 1 atom stereocenters. The van der Waals surface area contributed by atoms with Crippen LogP contribution >= 0.6 is 0 Å². The summed E-state index contributed by atoms with van der Waals surface area (Å²) in [6.45, 7) is 7.90. The molecule has 3 rings (SSSR count). The first-order valence-electron chi connectivity index (χ1n) is 9.69. The third-order valence-corrected chi connectivity index (χ3v) is 5.48. The van der Waals surface area contributed by atoms with Crippen molar-refractivity contribution in [2.24, 2.45) is 5.92 Å². The van der Waals surface area contributed by atoms with Gasteiger partial charge in [0, 0.05) is 33.4 Å². The molecule has 7 nitrogen and oxygen atoms in total. The van der Waals surface area contributed by atoms with Gasteiger partial charge in [-0.15, -0.1) is 0 Å². The van der Waals surface area contributed by atoms with Crippen molar-refractivity contribution in [3.05, 3.63) is 17.8 Å². The van der Waals surface area contributed by atoms with Crippen LogP contribution in [0.4, 0.5) is 0 Å². The number of hydrogen-bond donors (Lipinski definition) is 0. The van der Waals surface area contributed by atoms with E-state index < -0.39 is 0 Å². The summed E-state index contributed by atoms with van der Waals surface area (Å²) in [4.78, 5) is 21.5. The van der Waals surface area contributed by atoms with Crippen molar-refractivity contribution in [3.8, 4) is 0 Å². The first-order valence-corrected chi connectivity index (χ1v) is 9.69. The second-order valence-corrected chi connectivity index (χ2v) is 7.38. The number of aromatic nitrogens is 1. The van der Waals surface area contributed by atoms with Crippen LogP contribution in [0.5, 0.6) is 0 Å². The van der Waals surface area contributed by atoms with Gasteiger partial charge in [-0.1, -0.05) is 0 Å². The van der Waals surface area contributed by atoms with Gasteiger partial charge in [0.1, 0.15) is 5.76 Å². The second-order valence-electron chi connectivity index (χ2n) is 7.38. The molecule has 0 radical (unpaired) electrons. The van der Waals surface area contributed by atoms with Crippen LogP contribution in [-0.4, -0.2) is 79.8 Å². The summed E-state index contributed by atoms with van der Waals surface area (Å²) in [5, 5.41) is 0. The predicted molar refractivity (Wildman–Crippen MR) is 97.2 cm³/mol. The van der Waals surface area contributed by atoms with E-state index in [2.05, 4.69) is 9.88 Å². The fourth-order valence-corrected chi connectivity index (χ4v) is 3.86. The number of piperidine rings is 1. The van der Waals surface area contributed by atoms with Crippen LogP contribution in [-0.2, 0) is 9.47 Å². The topological polar surface area (TPSA) is 68.0 Å². The van der Waals surface area contributed by atoms with Gasteiger partial charge in [-0.25, -0.2) is 4.98 Å². The first-order chi connectivity index (χ1) is 12.7. The first kappa shape index (κ1) is 19.3. The Balaban J connectivity index is 1.59. The maximum absolute atomic E-state index is 13.0. The second kappa shape index (κ2) is 9.48. The number of rotatable bonds is 8. The van der Waals surface area contributed by atoms with Crippen LogP contribution in [0.1, 0.15) is 41.9 Å². The zero-order chi connectivity index (χ0) is 18.4. The molecule has 26 heavy (non-hydrogen) atoms. The minimum atomic E-state index is -0.0337. The molecule has 0 spiro atoms. The Hall–Kier alpha value is -1.44. The Kier molecular flexibility index (Phi) is 7.05. The molecule has 0 bridgehead atoms. The van der Waals surface area contributed by atoms with E-state index in [1.807, 2.05) is 4.90 Å². The normalized spacial score (nSPS) is 22.0.